The van der Waals surface area contributed by atoms with E-state index in [0.717, 1.165) is 19.4 Å². The van der Waals surface area contributed by atoms with E-state index in [4.69, 9.17) is 5.73 Å². The first-order valence-electron chi connectivity index (χ1n) is 8.51. The quantitative estimate of drug-likeness (QED) is 0.628. The fourth-order valence-electron chi connectivity index (χ4n) is 3.16. The van der Waals surface area contributed by atoms with Crippen LogP contribution >= 0.6 is 11.3 Å². The average molecular weight is 327 g/mol. The van der Waals surface area contributed by atoms with Gasteiger partial charge in [-0.3, -0.25) is 0 Å². The van der Waals surface area contributed by atoms with Gasteiger partial charge in [0.05, 0.1) is 0 Å². The number of rotatable bonds is 7. The Morgan fingerprint density at radius 3 is 2.30 bits per heavy atom. The van der Waals surface area contributed by atoms with Crippen LogP contribution in [-0.4, -0.2) is 19.6 Å². The van der Waals surface area contributed by atoms with Gasteiger partial charge in [0, 0.05) is 26.2 Å². The Labute approximate surface area is 142 Å². The van der Waals surface area contributed by atoms with Crippen LogP contribution in [-0.2, 0) is 12.8 Å². The van der Waals surface area contributed by atoms with Crippen LogP contribution in [0.3, 0.4) is 0 Å². The Balaban J connectivity index is 1.90. The number of thiophene rings is 1. The molecular formula is C20H26N2S. The summed E-state index contributed by atoms with van der Waals surface area (Å²) in [6.07, 6.45) is 4.58. The average Bonchev–Trinajstić information content (AvgIpc) is 2.88. The van der Waals surface area contributed by atoms with Crippen LogP contribution in [0, 0.1) is 0 Å². The third-order valence-corrected chi connectivity index (χ3v) is 5.45. The molecular weight excluding hydrogens is 300 g/mol. The highest BCUT2D eigenvalue weighted by Crippen LogP contribution is 2.35. The molecule has 1 aromatic heterocycles. The molecule has 0 radical (unpaired) electrons. The molecule has 1 heterocycles. The van der Waals surface area contributed by atoms with Gasteiger partial charge in [-0.15, -0.1) is 11.3 Å². The Morgan fingerprint density at radius 2 is 1.65 bits per heavy atom. The molecule has 0 bridgehead atoms. The van der Waals surface area contributed by atoms with E-state index in [2.05, 4.69) is 48.6 Å². The number of hydrogen-bond acceptors (Lipinski definition) is 3. The van der Waals surface area contributed by atoms with Gasteiger partial charge in [-0.05, 0) is 81.6 Å². The summed E-state index contributed by atoms with van der Waals surface area (Å²) in [7, 11) is 2.02. The summed E-state index contributed by atoms with van der Waals surface area (Å²) in [6, 6.07) is 14.0. The van der Waals surface area contributed by atoms with Crippen LogP contribution in [0.4, 0.5) is 0 Å². The maximum Gasteiger partial charge on any atom is 0.0355 e. The van der Waals surface area contributed by atoms with Gasteiger partial charge in [-0.25, -0.2) is 0 Å². The SMILES string of the molecule is CNCCCCc1ccc2sc3ccc(CC(C)N)cc3c2c1. The third kappa shape index (κ3) is 3.92. The van der Waals surface area contributed by atoms with Gasteiger partial charge in [0.15, 0.2) is 0 Å². The first-order chi connectivity index (χ1) is 11.2. The maximum absolute atomic E-state index is 5.96. The second-order valence-electron chi connectivity index (χ2n) is 6.51. The van der Waals surface area contributed by atoms with Crippen molar-refractivity contribution in [2.75, 3.05) is 13.6 Å². The number of fused-ring (bicyclic) bond motifs is 3. The summed E-state index contributed by atoms with van der Waals surface area (Å²) in [4.78, 5) is 0. The lowest BCUT2D eigenvalue weighted by Gasteiger charge is -2.05. The molecule has 0 spiro atoms. The molecule has 0 aliphatic heterocycles. The van der Waals surface area contributed by atoms with Crippen molar-refractivity contribution in [2.45, 2.75) is 38.6 Å². The van der Waals surface area contributed by atoms with Gasteiger partial charge in [0.2, 0.25) is 0 Å². The minimum absolute atomic E-state index is 0.208. The van der Waals surface area contributed by atoms with Gasteiger partial charge >= 0.3 is 0 Å². The minimum Gasteiger partial charge on any atom is -0.328 e. The lowest BCUT2D eigenvalue weighted by molar-refractivity contribution is 0.677. The molecule has 122 valence electrons. The van der Waals surface area contributed by atoms with Gasteiger partial charge in [0.1, 0.15) is 0 Å². The molecule has 0 saturated heterocycles. The van der Waals surface area contributed by atoms with Crippen LogP contribution < -0.4 is 11.1 Å². The summed E-state index contributed by atoms with van der Waals surface area (Å²) < 4.78 is 2.76. The third-order valence-electron chi connectivity index (χ3n) is 4.30. The predicted molar refractivity (Wildman–Crippen MR) is 104 cm³/mol. The number of nitrogens with two attached hydrogens (primary N) is 1. The molecule has 0 fully saturated rings. The zero-order valence-corrected chi connectivity index (χ0v) is 14.9. The largest absolute Gasteiger partial charge is 0.328 e. The molecule has 3 heteroatoms. The Hall–Kier alpha value is -1.42. The number of aryl methyl sites for hydroxylation is 1. The van der Waals surface area contributed by atoms with Crippen molar-refractivity contribution in [1.29, 1.82) is 0 Å². The van der Waals surface area contributed by atoms with Crippen molar-refractivity contribution in [2.24, 2.45) is 5.73 Å². The molecule has 0 aliphatic rings. The first-order valence-corrected chi connectivity index (χ1v) is 9.33. The van der Waals surface area contributed by atoms with Crippen LogP contribution in [0.1, 0.15) is 30.9 Å². The standard InChI is InChI=1S/C20H26N2S/c1-14(21)11-16-7-9-20-18(13-16)17-12-15(5-3-4-10-22-2)6-8-19(17)23-20/h6-9,12-14,22H,3-5,10-11,21H2,1-2H3. The monoisotopic (exact) mass is 326 g/mol. The summed E-state index contributed by atoms with van der Waals surface area (Å²) in [6.45, 7) is 3.17. The Bertz CT molecular complexity index is 789. The van der Waals surface area contributed by atoms with Crippen molar-refractivity contribution < 1.29 is 0 Å². The number of benzene rings is 2. The zero-order chi connectivity index (χ0) is 16.2. The van der Waals surface area contributed by atoms with Crippen LogP contribution in [0.15, 0.2) is 36.4 Å². The number of unbranched alkanes of at least 4 members (excludes halogenated alkanes) is 1. The lowest BCUT2D eigenvalue weighted by atomic mass is 10.0. The molecule has 3 rings (SSSR count). The van der Waals surface area contributed by atoms with E-state index < -0.39 is 0 Å². The smallest absolute Gasteiger partial charge is 0.0355 e. The Kier molecular flexibility index (Phi) is 5.31. The van der Waals surface area contributed by atoms with Crippen molar-refractivity contribution in [1.82, 2.24) is 5.32 Å². The van der Waals surface area contributed by atoms with Gasteiger partial charge in [-0.1, -0.05) is 12.1 Å². The van der Waals surface area contributed by atoms with Gasteiger partial charge < -0.3 is 11.1 Å². The number of nitrogens with one attached hydrogen (secondary N) is 1. The number of hydrogen-bond donors (Lipinski definition) is 2. The Morgan fingerprint density at radius 1 is 1.00 bits per heavy atom. The van der Waals surface area contributed by atoms with E-state index in [-0.39, 0.29) is 6.04 Å². The maximum atomic E-state index is 5.96. The molecule has 3 aromatic rings. The lowest BCUT2D eigenvalue weighted by Crippen LogP contribution is -2.17. The molecule has 1 atom stereocenters. The summed E-state index contributed by atoms with van der Waals surface area (Å²) in [5.74, 6) is 0. The van der Waals surface area contributed by atoms with Crippen LogP contribution in [0.5, 0.6) is 0 Å². The fraction of sp³-hybridized carbons (Fsp3) is 0.400. The molecule has 2 aromatic carbocycles. The summed E-state index contributed by atoms with van der Waals surface area (Å²) in [5, 5.41) is 6.01. The van der Waals surface area contributed by atoms with Crippen molar-refractivity contribution >= 4 is 31.5 Å². The predicted octanol–water partition coefficient (Wildman–Crippen LogP) is 4.49. The van der Waals surface area contributed by atoms with Crippen LogP contribution in [0.25, 0.3) is 20.2 Å². The van der Waals surface area contributed by atoms with E-state index >= 15 is 0 Å². The van der Waals surface area contributed by atoms with Gasteiger partial charge in [0.25, 0.3) is 0 Å². The molecule has 1 unspecified atom stereocenters. The molecule has 23 heavy (non-hydrogen) atoms. The van der Waals surface area contributed by atoms with E-state index in [1.807, 2.05) is 18.4 Å². The normalized spacial score (nSPS) is 13.0. The van der Waals surface area contributed by atoms with Crippen LogP contribution in [0.2, 0.25) is 0 Å². The summed E-state index contributed by atoms with van der Waals surface area (Å²) in [5.41, 5.74) is 8.75. The van der Waals surface area contributed by atoms with E-state index in [1.54, 1.807) is 0 Å². The topological polar surface area (TPSA) is 38.0 Å². The molecule has 3 N–H and O–H groups in total. The second-order valence-corrected chi connectivity index (χ2v) is 7.59. The van der Waals surface area contributed by atoms with Crippen molar-refractivity contribution in [3.8, 4) is 0 Å². The van der Waals surface area contributed by atoms with Crippen molar-refractivity contribution in [3.63, 3.8) is 0 Å². The molecule has 0 aliphatic carbocycles. The first kappa shape index (κ1) is 16.4. The second kappa shape index (κ2) is 7.43. The molecule has 0 saturated carbocycles. The van der Waals surface area contributed by atoms with E-state index in [0.29, 0.717) is 0 Å². The highest BCUT2D eigenvalue weighted by atomic mass is 32.1. The van der Waals surface area contributed by atoms with Crippen molar-refractivity contribution in [3.05, 3.63) is 47.5 Å². The minimum atomic E-state index is 0.208. The van der Waals surface area contributed by atoms with E-state index in [9.17, 15) is 0 Å². The van der Waals surface area contributed by atoms with E-state index in [1.165, 1.54) is 44.1 Å². The summed E-state index contributed by atoms with van der Waals surface area (Å²) >= 11 is 1.89. The highest BCUT2D eigenvalue weighted by molar-refractivity contribution is 7.25. The zero-order valence-electron chi connectivity index (χ0n) is 14.1. The van der Waals surface area contributed by atoms with Gasteiger partial charge in [-0.2, -0.15) is 0 Å². The molecule has 2 nitrogen and oxygen atoms in total. The highest BCUT2D eigenvalue weighted by Gasteiger charge is 2.08. The fourth-order valence-corrected chi connectivity index (χ4v) is 4.22. The molecule has 0 amide bonds.